The summed E-state index contributed by atoms with van der Waals surface area (Å²) in [4.78, 5) is 18.6. The molecule has 5 aliphatic rings. The van der Waals surface area contributed by atoms with Crippen molar-refractivity contribution in [3.05, 3.63) is 24.5 Å². The van der Waals surface area contributed by atoms with E-state index >= 15 is 0 Å². The number of amides is 1. The van der Waals surface area contributed by atoms with Crippen LogP contribution in [0.3, 0.4) is 0 Å². The van der Waals surface area contributed by atoms with Gasteiger partial charge in [0.25, 0.3) is 0 Å². The number of rotatable bonds is 6. The summed E-state index contributed by atoms with van der Waals surface area (Å²) < 4.78 is 29.2. The van der Waals surface area contributed by atoms with E-state index in [-0.39, 0.29) is 28.9 Å². The van der Waals surface area contributed by atoms with Crippen molar-refractivity contribution >= 4 is 15.9 Å². The number of pyridine rings is 1. The van der Waals surface area contributed by atoms with Gasteiger partial charge >= 0.3 is 0 Å². The molecule has 2 N–H and O–H groups in total. The first-order valence-electron chi connectivity index (χ1n) is 11.2. The van der Waals surface area contributed by atoms with Crippen molar-refractivity contribution in [2.24, 2.45) is 11.8 Å². The smallest absolute Gasteiger partial charge is 0.242 e. The van der Waals surface area contributed by atoms with E-state index in [1.165, 1.54) is 6.20 Å². The van der Waals surface area contributed by atoms with Crippen LogP contribution in [0.4, 0.5) is 0 Å². The number of nitrogens with one attached hydrogen (secondary N) is 2. The molecule has 1 aromatic rings. The molecule has 2 unspecified atom stereocenters. The van der Waals surface area contributed by atoms with Crippen LogP contribution >= 0.6 is 0 Å². The first kappa shape index (κ1) is 20.9. The average Bonchev–Trinajstić information content (AvgIpc) is 3.20. The number of hydrogen-bond acceptors (Lipinski definition) is 6. The van der Waals surface area contributed by atoms with Gasteiger partial charge in [0, 0.05) is 30.0 Å². The molecule has 166 valence electrons. The molecule has 0 radical (unpaired) electrons. The topological polar surface area (TPSA) is 115 Å². The van der Waals surface area contributed by atoms with Gasteiger partial charge in [0.2, 0.25) is 15.9 Å². The Balaban J connectivity index is 1.32. The lowest BCUT2D eigenvalue weighted by molar-refractivity contribution is -0.131. The number of carbonyl (C=O) groups excluding carboxylic acids is 1. The van der Waals surface area contributed by atoms with Gasteiger partial charge in [0.15, 0.2) is 0 Å². The summed E-state index contributed by atoms with van der Waals surface area (Å²) in [5.74, 6) is 0.892. The zero-order chi connectivity index (χ0) is 21.7. The van der Waals surface area contributed by atoms with E-state index in [9.17, 15) is 18.5 Å². The van der Waals surface area contributed by atoms with Crippen molar-refractivity contribution in [3.63, 3.8) is 0 Å². The second-order valence-corrected chi connectivity index (χ2v) is 11.7. The third-order valence-electron chi connectivity index (χ3n) is 7.69. The first-order chi connectivity index (χ1) is 14.8. The standard InChI is InChI=1S/C22H29N5O3S/c23-12-18-3-2-6-27(18)20(28)14-25-21-8-16-7-17(9-21)11-22(10-16,15-21)26-31(29,30)19-4-1-5-24-13-19/h1,4-5,13,16-18,25-26H,2-3,6-11,14-15H2/t16?,17?,18-,21?,22?/m0/s1. The van der Waals surface area contributed by atoms with Crippen molar-refractivity contribution in [1.82, 2.24) is 19.9 Å². The van der Waals surface area contributed by atoms with Gasteiger partial charge in [-0.2, -0.15) is 5.26 Å². The molecule has 8 nitrogen and oxygen atoms in total. The number of nitriles is 1. The molecular weight excluding hydrogens is 414 g/mol. The monoisotopic (exact) mass is 443 g/mol. The number of aromatic nitrogens is 1. The molecule has 1 amide bonds. The summed E-state index contributed by atoms with van der Waals surface area (Å²) in [5.41, 5.74) is -0.698. The third-order valence-corrected chi connectivity index (χ3v) is 9.26. The summed E-state index contributed by atoms with van der Waals surface area (Å²) in [5, 5.41) is 12.8. The third kappa shape index (κ3) is 3.86. The summed E-state index contributed by atoms with van der Waals surface area (Å²) >= 11 is 0. The Hall–Kier alpha value is -2.02. The van der Waals surface area contributed by atoms with E-state index in [1.54, 1.807) is 23.2 Å². The summed E-state index contributed by atoms with van der Waals surface area (Å²) in [7, 11) is -3.66. The van der Waals surface area contributed by atoms with Crippen LogP contribution in [0.5, 0.6) is 0 Å². The number of nitrogens with zero attached hydrogens (tertiary/aromatic N) is 3. The Morgan fingerprint density at radius 2 is 2.00 bits per heavy atom. The Morgan fingerprint density at radius 3 is 2.68 bits per heavy atom. The number of hydrogen-bond donors (Lipinski definition) is 2. The lowest BCUT2D eigenvalue weighted by Crippen LogP contribution is -2.69. The van der Waals surface area contributed by atoms with Crippen molar-refractivity contribution in [1.29, 1.82) is 5.26 Å². The molecule has 31 heavy (non-hydrogen) atoms. The van der Waals surface area contributed by atoms with E-state index in [0.717, 1.165) is 44.9 Å². The molecule has 4 bridgehead atoms. The fraction of sp³-hybridized carbons (Fsp3) is 0.682. The molecule has 9 heteroatoms. The van der Waals surface area contributed by atoms with Gasteiger partial charge in [-0.3, -0.25) is 9.78 Å². The lowest BCUT2D eigenvalue weighted by Gasteiger charge is -2.62. The van der Waals surface area contributed by atoms with E-state index in [1.807, 2.05) is 0 Å². The van der Waals surface area contributed by atoms with Gasteiger partial charge in [-0.25, -0.2) is 13.1 Å². The zero-order valence-electron chi connectivity index (χ0n) is 17.6. The molecule has 2 heterocycles. The maximum absolute atomic E-state index is 13.1. The first-order valence-corrected chi connectivity index (χ1v) is 12.7. The molecule has 5 fully saturated rings. The highest BCUT2D eigenvalue weighted by Gasteiger charge is 2.58. The quantitative estimate of drug-likeness (QED) is 0.689. The van der Waals surface area contributed by atoms with Crippen LogP contribution in [0.25, 0.3) is 0 Å². The van der Waals surface area contributed by atoms with Crippen LogP contribution in [0.15, 0.2) is 29.4 Å². The molecule has 1 saturated heterocycles. The Kier molecular flexibility index (Phi) is 5.07. The predicted octanol–water partition coefficient (Wildman–Crippen LogP) is 1.56. The minimum atomic E-state index is -3.66. The van der Waals surface area contributed by atoms with Crippen molar-refractivity contribution in [3.8, 4) is 6.07 Å². The Morgan fingerprint density at radius 1 is 1.26 bits per heavy atom. The summed E-state index contributed by atoms with van der Waals surface area (Å²) in [6.45, 7) is 0.856. The van der Waals surface area contributed by atoms with Crippen LogP contribution < -0.4 is 10.0 Å². The van der Waals surface area contributed by atoms with Gasteiger partial charge in [0.1, 0.15) is 10.9 Å². The molecule has 0 spiro atoms. The molecule has 0 aromatic carbocycles. The second kappa shape index (κ2) is 7.54. The Labute approximate surface area is 183 Å². The predicted molar refractivity (Wildman–Crippen MR) is 113 cm³/mol. The molecule has 1 aliphatic heterocycles. The molecular formula is C22H29N5O3S. The number of likely N-dealkylation sites (tertiary alicyclic amines) is 1. The fourth-order valence-corrected chi connectivity index (χ4v) is 8.39. The van der Waals surface area contributed by atoms with Crippen molar-refractivity contribution in [2.45, 2.75) is 73.4 Å². The van der Waals surface area contributed by atoms with Crippen LogP contribution in [0, 0.1) is 23.2 Å². The van der Waals surface area contributed by atoms with Gasteiger partial charge in [0.05, 0.1) is 12.6 Å². The van der Waals surface area contributed by atoms with Crippen molar-refractivity contribution < 1.29 is 13.2 Å². The SMILES string of the molecule is N#C[C@@H]1CCCN1C(=O)CNC12CC3CC(C1)CC(NS(=O)(=O)c1cccnc1)(C3)C2. The summed E-state index contributed by atoms with van der Waals surface area (Å²) in [6, 6.07) is 5.12. The highest BCUT2D eigenvalue weighted by atomic mass is 32.2. The van der Waals surface area contributed by atoms with Gasteiger partial charge < -0.3 is 10.2 Å². The van der Waals surface area contributed by atoms with Crippen LogP contribution in [0.2, 0.25) is 0 Å². The molecule has 6 rings (SSSR count). The number of sulfonamides is 1. The normalized spacial score (nSPS) is 36.5. The molecule has 3 atom stereocenters. The fourth-order valence-electron chi connectivity index (χ4n) is 7.00. The molecule has 1 aromatic heterocycles. The van der Waals surface area contributed by atoms with E-state index < -0.39 is 15.6 Å². The largest absolute Gasteiger partial charge is 0.326 e. The van der Waals surface area contributed by atoms with E-state index in [0.29, 0.717) is 24.8 Å². The van der Waals surface area contributed by atoms with Crippen LogP contribution in [-0.4, -0.2) is 54.4 Å². The average molecular weight is 444 g/mol. The molecule has 4 saturated carbocycles. The maximum atomic E-state index is 13.1. The minimum absolute atomic E-state index is 0.0233. The molecule has 4 aliphatic carbocycles. The number of carbonyl (C=O) groups is 1. The highest BCUT2D eigenvalue weighted by molar-refractivity contribution is 7.89. The maximum Gasteiger partial charge on any atom is 0.242 e. The van der Waals surface area contributed by atoms with Gasteiger partial charge in [-0.05, 0) is 75.3 Å². The van der Waals surface area contributed by atoms with E-state index in [2.05, 4.69) is 21.1 Å². The van der Waals surface area contributed by atoms with Gasteiger partial charge in [-0.15, -0.1) is 0 Å². The highest BCUT2D eigenvalue weighted by Crippen LogP contribution is 2.57. The Bertz CT molecular complexity index is 992. The van der Waals surface area contributed by atoms with Crippen LogP contribution in [0.1, 0.15) is 51.4 Å². The lowest BCUT2D eigenvalue weighted by atomic mass is 9.50. The summed E-state index contributed by atoms with van der Waals surface area (Å²) in [6.07, 6.45) is 10.1. The van der Waals surface area contributed by atoms with Gasteiger partial charge in [-0.1, -0.05) is 0 Å². The minimum Gasteiger partial charge on any atom is -0.326 e. The van der Waals surface area contributed by atoms with Crippen LogP contribution in [-0.2, 0) is 14.8 Å². The zero-order valence-corrected chi connectivity index (χ0v) is 18.4. The van der Waals surface area contributed by atoms with E-state index in [4.69, 9.17) is 0 Å². The van der Waals surface area contributed by atoms with Crippen molar-refractivity contribution in [2.75, 3.05) is 13.1 Å². The second-order valence-electron chi connectivity index (χ2n) is 10.0.